The van der Waals surface area contributed by atoms with Crippen molar-refractivity contribution in [3.05, 3.63) is 35.6 Å². The molecule has 5 nitrogen and oxygen atoms in total. The molecule has 0 N–H and O–H groups in total. The molecule has 0 bridgehead atoms. The van der Waals surface area contributed by atoms with Crippen molar-refractivity contribution in [2.45, 2.75) is 0 Å². The van der Waals surface area contributed by atoms with Crippen LogP contribution in [0.3, 0.4) is 0 Å². The molecule has 1 aliphatic heterocycles. The van der Waals surface area contributed by atoms with Crippen LogP contribution >= 0.6 is 11.6 Å². The molecule has 2 aromatic rings. The molecule has 1 aliphatic rings. The minimum absolute atomic E-state index is 0.702. The molecule has 1 saturated heterocycles. The number of hydrogen-bond donors (Lipinski definition) is 0. The molecular weight excluding hydrogens is 264 g/mol. The average molecular weight is 277 g/mol. The van der Waals surface area contributed by atoms with Gasteiger partial charge >= 0.3 is 0 Å². The summed E-state index contributed by atoms with van der Waals surface area (Å²) >= 11 is 5.91. The Hall–Kier alpha value is -1.72. The van der Waals surface area contributed by atoms with Gasteiger partial charge in [-0.15, -0.1) is 10.2 Å². The molecule has 3 rings (SSSR count). The number of ether oxygens (including phenoxy) is 1. The summed E-state index contributed by atoms with van der Waals surface area (Å²) in [5, 5.41) is 8.81. The predicted molar refractivity (Wildman–Crippen MR) is 73.3 cm³/mol. The van der Waals surface area contributed by atoms with Gasteiger partial charge in [-0.1, -0.05) is 23.7 Å². The molecule has 0 unspecified atom stereocenters. The highest BCUT2D eigenvalue weighted by Crippen LogP contribution is 2.27. The van der Waals surface area contributed by atoms with Crippen LogP contribution in [-0.4, -0.2) is 41.5 Å². The standard InChI is InChI=1S/C13H13ClN4O/c14-11-3-1-10(2-4-11)12-13(15-9-16-17-12)18-5-7-19-8-6-18/h1-4,9H,5-8H2. The minimum Gasteiger partial charge on any atom is -0.378 e. The Kier molecular flexibility index (Phi) is 3.57. The van der Waals surface area contributed by atoms with E-state index in [1.165, 1.54) is 6.33 Å². The number of aromatic nitrogens is 3. The van der Waals surface area contributed by atoms with Gasteiger partial charge in [0.1, 0.15) is 12.0 Å². The van der Waals surface area contributed by atoms with Gasteiger partial charge in [0.15, 0.2) is 5.82 Å². The monoisotopic (exact) mass is 276 g/mol. The van der Waals surface area contributed by atoms with Crippen LogP contribution in [0.15, 0.2) is 30.6 Å². The van der Waals surface area contributed by atoms with Crippen molar-refractivity contribution in [3.8, 4) is 11.3 Å². The van der Waals surface area contributed by atoms with E-state index in [0.29, 0.717) is 18.2 Å². The highest BCUT2D eigenvalue weighted by molar-refractivity contribution is 6.30. The van der Waals surface area contributed by atoms with Crippen LogP contribution in [0, 0.1) is 0 Å². The van der Waals surface area contributed by atoms with Crippen LogP contribution in [0.4, 0.5) is 5.82 Å². The Balaban J connectivity index is 1.98. The average Bonchev–Trinajstić information content (AvgIpc) is 2.49. The Bertz CT molecular complexity index is 555. The van der Waals surface area contributed by atoms with E-state index in [1.807, 2.05) is 24.3 Å². The first kappa shape index (κ1) is 12.3. The molecular formula is C13H13ClN4O. The maximum atomic E-state index is 5.91. The first-order valence-corrected chi connectivity index (χ1v) is 6.49. The van der Waals surface area contributed by atoms with Crippen molar-refractivity contribution in [1.29, 1.82) is 0 Å². The maximum Gasteiger partial charge on any atom is 0.159 e. The number of rotatable bonds is 2. The van der Waals surface area contributed by atoms with Crippen LogP contribution in [0.25, 0.3) is 11.3 Å². The predicted octanol–water partition coefficient (Wildman–Crippen LogP) is 2.03. The zero-order valence-electron chi connectivity index (χ0n) is 10.3. The lowest BCUT2D eigenvalue weighted by Crippen LogP contribution is -2.37. The number of benzene rings is 1. The van der Waals surface area contributed by atoms with Gasteiger partial charge in [-0.2, -0.15) is 0 Å². The molecule has 1 fully saturated rings. The van der Waals surface area contributed by atoms with E-state index in [9.17, 15) is 0 Å². The SMILES string of the molecule is Clc1ccc(-c2nncnc2N2CCOCC2)cc1. The van der Waals surface area contributed by atoms with Crippen molar-refractivity contribution in [3.63, 3.8) is 0 Å². The second kappa shape index (κ2) is 5.50. The summed E-state index contributed by atoms with van der Waals surface area (Å²) in [7, 11) is 0. The molecule has 0 aliphatic carbocycles. The third kappa shape index (κ3) is 2.67. The molecule has 6 heteroatoms. The van der Waals surface area contributed by atoms with Crippen molar-refractivity contribution in [1.82, 2.24) is 15.2 Å². The molecule has 0 radical (unpaired) electrons. The highest BCUT2D eigenvalue weighted by Gasteiger charge is 2.18. The Morgan fingerprint density at radius 2 is 1.84 bits per heavy atom. The number of hydrogen-bond acceptors (Lipinski definition) is 5. The number of nitrogens with zero attached hydrogens (tertiary/aromatic N) is 4. The smallest absolute Gasteiger partial charge is 0.159 e. The van der Waals surface area contributed by atoms with E-state index in [-0.39, 0.29) is 0 Å². The molecule has 1 aromatic carbocycles. The molecule has 0 atom stereocenters. The quantitative estimate of drug-likeness (QED) is 0.840. The molecule has 19 heavy (non-hydrogen) atoms. The second-order valence-electron chi connectivity index (χ2n) is 4.24. The lowest BCUT2D eigenvalue weighted by Gasteiger charge is -2.28. The zero-order valence-corrected chi connectivity index (χ0v) is 11.0. The third-order valence-electron chi connectivity index (χ3n) is 3.03. The van der Waals surface area contributed by atoms with Crippen molar-refractivity contribution in [2.75, 3.05) is 31.2 Å². The van der Waals surface area contributed by atoms with Gasteiger partial charge in [0.05, 0.1) is 13.2 Å². The summed E-state index contributed by atoms with van der Waals surface area (Å²) in [5.74, 6) is 0.848. The normalized spacial score (nSPS) is 15.5. The Labute approximate surface area is 116 Å². The van der Waals surface area contributed by atoms with Crippen LogP contribution < -0.4 is 4.90 Å². The molecule has 0 saturated carbocycles. The van der Waals surface area contributed by atoms with E-state index in [0.717, 1.165) is 30.2 Å². The van der Waals surface area contributed by atoms with Crippen molar-refractivity contribution >= 4 is 17.4 Å². The maximum absolute atomic E-state index is 5.91. The summed E-state index contributed by atoms with van der Waals surface area (Å²) in [6, 6.07) is 7.54. The summed E-state index contributed by atoms with van der Waals surface area (Å²) in [5.41, 5.74) is 1.74. The number of morpholine rings is 1. The second-order valence-corrected chi connectivity index (χ2v) is 4.68. The fourth-order valence-corrected chi connectivity index (χ4v) is 2.20. The van der Waals surface area contributed by atoms with E-state index in [2.05, 4.69) is 20.1 Å². The molecule has 2 heterocycles. The van der Waals surface area contributed by atoms with Gasteiger partial charge in [0.2, 0.25) is 0 Å². The van der Waals surface area contributed by atoms with Crippen LogP contribution in [-0.2, 0) is 4.74 Å². The number of halogens is 1. The van der Waals surface area contributed by atoms with E-state index in [1.54, 1.807) is 0 Å². The number of anilines is 1. The van der Waals surface area contributed by atoms with Gasteiger partial charge in [0.25, 0.3) is 0 Å². The topological polar surface area (TPSA) is 51.1 Å². The summed E-state index contributed by atoms with van der Waals surface area (Å²) < 4.78 is 5.36. The molecule has 98 valence electrons. The fraction of sp³-hybridized carbons (Fsp3) is 0.308. The molecule has 0 amide bonds. The van der Waals surface area contributed by atoms with Gasteiger partial charge in [-0.05, 0) is 12.1 Å². The van der Waals surface area contributed by atoms with Gasteiger partial charge in [0, 0.05) is 23.7 Å². The van der Waals surface area contributed by atoms with Crippen molar-refractivity contribution < 1.29 is 4.74 Å². The highest BCUT2D eigenvalue weighted by atomic mass is 35.5. The van der Waals surface area contributed by atoms with E-state index < -0.39 is 0 Å². The van der Waals surface area contributed by atoms with Crippen molar-refractivity contribution in [2.24, 2.45) is 0 Å². The first-order chi connectivity index (χ1) is 9.34. The minimum atomic E-state index is 0.702. The Morgan fingerprint density at radius 1 is 1.11 bits per heavy atom. The van der Waals surface area contributed by atoms with Gasteiger partial charge < -0.3 is 9.64 Å². The summed E-state index contributed by atoms with van der Waals surface area (Å²) in [6.45, 7) is 3.06. The zero-order chi connectivity index (χ0) is 13.1. The van der Waals surface area contributed by atoms with Crippen LogP contribution in [0.5, 0.6) is 0 Å². The van der Waals surface area contributed by atoms with E-state index >= 15 is 0 Å². The summed E-state index contributed by atoms with van der Waals surface area (Å²) in [6.07, 6.45) is 1.48. The lowest BCUT2D eigenvalue weighted by molar-refractivity contribution is 0.122. The first-order valence-electron chi connectivity index (χ1n) is 6.11. The lowest BCUT2D eigenvalue weighted by atomic mass is 10.1. The van der Waals surface area contributed by atoms with Crippen LogP contribution in [0.2, 0.25) is 5.02 Å². The fourth-order valence-electron chi connectivity index (χ4n) is 2.07. The summed E-state index contributed by atoms with van der Waals surface area (Å²) in [4.78, 5) is 6.53. The van der Waals surface area contributed by atoms with Gasteiger partial charge in [-0.25, -0.2) is 4.98 Å². The molecule has 0 spiro atoms. The van der Waals surface area contributed by atoms with Crippen LogP contribution in [0.1, 0.15) is 0 Å². The molecule has 1 aromatic heterocycles. The Morgan fingerprint density at radius 3 is 2.58 bits per heavy atom. The third-order valence-corrected chi connectivity index (χ3v) is 3.28. The van der Waals surface area contributed by atoms with E-state index in [4.69, 9.17) is 16.3 Å². The largest absolute Gasteiger partial charge is 0.378 e. The van der Waals surface area contributed by atoms with Gasteiger partial charge in [-0.3, -0.25) is 0 Å².